The Kier molecular flexibility index (Phi) is 5.78. The number of benzene rings is 1. The fourth-order valence-corrected chi connectivity index (χ4v) is 4.23. The van der Waals surface area contributed by atoms with Crippen LogP contribution >= 0.6 is 11.6 Å². The largest absolute Gasteiger partial charge is 0.377 e. The van der Waals surface area contributed by atoms with E-state index in [2.05, 4.69) is 15.3 Å². The Labute approximate surface area is 200 Å². The van der Waals surface area contributed by atoms with Crippen molar-refractivity contribution in [2.45, 2.75) is 19.9 Å². The molecule has 34 heavy (non-hydrogen) atoms. The van der Waals surface area contributed by atoms with E-state index in [1.54, 1.807) is 43.7 Å². The Balaban J connectivity index is 1.98. The molecule has 0 bridgehead atoms. The molecule has 1 atom stereocenters. The molecule has 0 fully saturated rings. The smallest absolute Gasteiger partial charge is 0.275 e. The second kappa shape index (κ2) is 8.45. The van der Waals surface area contributed by atoms with Crippen molar-refractivity contribution in [3.8, 4) is 0 Å². The molecule has 3 aromatic heterocycles. The van der Waals surface area contributed by atoms with Crippen molar-refractivity contribution in [2.24, 2.45) is 12.8 Å². The number of rotatable bonds is 5. The normalized spacial score (nSPS) is 12.2. The number of nitrogens with one attached hydrogen (secondary N) is 1. The minimum absolute atomic E-state index is 0.0128. The van der Waals surface area contributed by atoms with Crippen LogP contribution in [-0.4, -0.2) is 49.7 Å². The molecule has 0 aliphatic heterocycles. The summed E-state index contributed by atoms with van der Waals surface area (Å²) >= 11 is 5.94. The van der Waals surface area contributed by atoms with Crippen molar-refractivity contribution in [3.63, 3.8) is 0 Å². The van der Waals surface area contributed by atoms with E-state index in [0.29, 0.717) is 22.2 Å². The first-order valence-corrected chi connectivity index (χ1v) is 10.8. The highest BCUT2D eigenvalue weighted by Gasteiger charge is 2.24. The fourth-order valence-electron chi connectivity index (χ4n) is 4.09. The van der Waals surface area contributed by atoms with Crippen LogP contribution in [0.4, 0.5) is 5.69 Å². The fraction of sp³-hybridized carbons (Fsp3) is 0.261. The van der Waals surface area contributed by atoms with E-state index in [4.69, 9.17) is 17.3 Å². The van der Waals surface area contributed by atoms with Crippen molar-refractivity contribution >= 4 is 45.7 Å². The topological polar surface area (TPSA) is 128 Å². The van der Waals surface area contributed by atoms with Crippen LogP contribution in [0.25, 0.3) is 16.6 Å². The minimum atomic E-state index is -0.719. The van der Waals surface area contributed by atoms with Crippen LogP contribution in [0.2, 0.25) is 5.15 Å². The number of hydrogen-bond donors (Lipinski definition) is 2. The summed E-state index contributed by atoms with van der Waals surface area (Å²) in [7, 11) is 4.88. The number of imidazole rings is 1. The Morgan fingerprint density at radius 3 is 2.56 bits per heavy atom. The molecular formula is C23H24ClN7O3. The maximum atomic E-state index is 13.3. The van der Waals surface area contributed by atoms with Crippen molar-refractivity contribution in [3.05, 3.63) is 68.6 Å². The summed E-state index contributed by atoms with van der Waals surface area (Å²) in [6.45, 7) is 3.78. The van der Waals surface area contributed by atoms with Gasteiger partial charge in [-0.2, -0.15) is 0 Å². The summed E-state index contributed by atoms with van der Waals surface area (Å²) < 4.78 is 3.18. The molecule has 0 radical (unpaired) electrons. The predicted molar refractivity (Wildman–Crippen MR) is 130 cm³/mol. The standard InChI is InChI=1S/C23H24ClN7O3/c1-11-8-13(12(2)27-15-6-7-16(24)28-17(15)20(25)32)19-14(9-11)22(33)30(5)21-18(23(34)29(3)4)26-10-31(19)21/h6-10,12,27H,1-5H3,(H2,25,32). The number of nitrogens with two attached hydrogens (primary N) is 1. The Morgan fingerprint density at radius 2 is 1.91 bits per heavy atom. The van der Waals surface area contributed by atoms with Gasteiger partial charge >= 0.3 is 0 Å². The number of carbonyl (C=O) groups excluding carboxylic acids is 2. The van der Waals surface area contributed by atoms with Crippen molar-refractivity contribution in [1.29, 1.82) is 0 Å². The molecule has 0 spiro atoms. The van der Waals surface area contributed by atoms with E-state index < -0.39 is 5.91 Å². The average Bonchev–Trinajstić information content (AvgIpc) is 3.22. The van der Waals surface area contributed by atoms with Crippen molar-refractivity contribution in [2.75, 3.05) is 19.4 Å². The number of carbonyl (C=O) groups is 2. The zero-order valence-electron chi connectivity index (χ0n) is 19.4. The molecule has 0 aliphatic rings. The van der Waals surface area contributed by atoms with Gasteiger partial charge in [0, 0.05) is 21.1 Å². The van der Waals surface area contributed by atoms with Gasteiger partial charge in [-0.1, -0.05) is 17.7 Å². The third-order valence-electron chi connectivity index (χ3n) is 5.66. The van der Waals surface area contributed by atoms with Crippen LogP contribution in [0.5, 0.6) is 0 Å². The van der Waals surface area contributed by atoms with Crippen LogP contribution in [-0.2, 0) is 7.05 Å². The molecule has 176 valence electrons. The monoisotopic (exact) mass is 481 g/mol. The Bertz CT molecular complexity index is 1540. The lowest BCUT2D eigenvalue weighted by molar-refractivity contribution is 0.0823. The first-order chi connectivity index (χ1) is 16.0. The van der Waals surface area contributed by atoms with E-state index in [0.717, 1.165) is 11.1 Å². The number of hydrogen-bond acceptors (Lipinski definition) is 6. The summed E-state index contributed by atoms with van der Waals surface area (Å²) in [5.41, 5.74) is 8.48. The molecule has 4 rings (SSSR count). The number of halogens is 1. The number of anilines is 1. The molecule has 4 aromatic rings. The SMILES string of the molecule is Cc1cc(C(C)Nc2ccc(Cl)nc2C(N)=O)c2c(c1)c(=O)n(C)c1c(C(=O)N(C)C)ncn21. The molecule has 0 saturated carbocycles. The number of fused-ring (bicyclic) bond motifs is 3. The second-order valence-corrected chi connectivity index (χ2v) is 8.75. The molecule has 1 aromatic carbocycles. The summed E-state index contributed by atoms with van der Waals surface area (Å²) in [6.07, 6.45) is 1.54. The van der Waals surface area contributed by atoms with E-state index in [-0.39, 0.29) is 34.0 Å². The van der Waals surface area contributed by atoms with Gasteiger partial charge in [-0.25, -0.2) is 9.97 Å². The van der Waals surface area contributed by atoms with Crippen molar-refractivity contribution < 1.29 is 9.59 Å². The average molecular weight is 482 g/mol. The molecular weight excluding hydrogens is 458 g/mol. The Hall–Kier alpha value is -3.92. The molecule has 0 aliphatic carbocycles. The summed E-state index contributed by atoms with van der Waals surface area (Å²) in [4.78, 5) is 47.7. The van der Waals surface area contributed by atoms with Gasteiger partial charge in [-0.15, -0.1) is 0 Å². The first-order valence-electron chi connectivity index (χ1n) is 10.5. The van der Waals surface area contributed by atoms with Crippen LogP contribution < -0.4 is 16.6 Å². The van der Waals surface area contributed by atoms with Gasteiger partial charge in [0.2, 0.25) is 0 Å². The number of primary amides is 1. The van der Waals surface area contributed by atoms with Gasteiger partial charge in [-0.3, -0.25) is 23.4 Å². The van der Waals surface area contributed by atoms with Crippen LogP contribution in [0.3, 0.4) is 0 Å². The highest BCUT2D eigenvalue weighted by atomic mass is 35.5. The van der Waals surface area contributed by atoms with Crippen LogP contribution in [0.1, 0.15) is 45.1 Å². The summed E-state index contributed by atoms with van der Waals surface area (Å²) in [6, 6.07) is 6.55. The quantitative estimate of drug-likeness (QED) is 0.421. The second-order valence-electron chi connectivity index (χ2n) is 8.36. The molecule has 2 amide bonds. The highest BCUT2D eigenvalue weighted by molar-refractivity contribution is 6.29. The molecule has 0 saturated heterocycles. The number of aryl methyl sites for hydroxylation is 2. The number of aromatic nitrogens is 4. The first kappa shape index (κ1) is 23.2. The number of pyridine rings is 1. The van der Waals surface area contributed by atoms with Gasteiger partial charge in [0.25, 0.3) is 17.4 Å². The minimum Gasteiger partial charge on any atom is -0.377 e. The zero-order chi connectivity index (χ0) is 24.9. The zero-order valence-corrected chi connectivity index (χ0v) is 20.1. The van der Waals surface area contributed by atoms with Gasteiger partial charge in [0.05, 0.1) is 22.6 Å². The number of amides is 2. The molecule has 11 heteroatoms. The van der Waals surface area contributed by atoms with Crippen molar-refractivity contribution in [1.82, 2.24) is 23.8 Å². The summed E-state index contributed by atoms with van der Waals surface area (Å²) in [5, 5.41) is 3.89. The highest BCUT2D eigenvalue weighted by Crippen LogP contribution is 2.30. The van der Waals surface area contributed by atoms with Gasteiger partial charge in [-0.05, 0) is 43.2 Å². The molecule has 3 N–H and O–H groups in total. The molecule has 3 heterocycles. The third kappa shape index (κ3) is 3.75. The van der Waals surface area contributed by atoms with Gasteiger partial charge < -0.3 is 16.0 Å². The van der Waals surface area contributed by atoms with Gasteiger partial charge in [0.15, 0.2) is 17.0 Å². The predicted octanol–water partition coefficient (Wildman–Crippen LogP) is 2.52. The lowest BCUT2D eigenvalue weighted by Gasteiger charge is -2.21. The molecule has 10 nitrogen and oxygen atoms in total. The maximum Gasteiger partial charge on any atom is 0.275 e. The van der Waals surface area contributed by atoms with E-state index in [1.807, 2.05) is 19.9 Å². The van der Waals surface area contributed by atoms with Crippen LogP contribution in [0.15, 0.2) is 35.4 Å². The van der Waals surface area contributed by atoms with Crippen LogP contribution in [0, 0.1) is 6.92 Å². The van der Waals surface area contributed by atoms with E-state index in [1.165, 1.54) is 15.8 Å². The van der Waals surface area contributed by atoms with E-state index >= 15 is 0 Å². The van der Waals surface area contributed by atoms with E-state index in [9.17, 15) is 14.4 Å². The molecule has 1 unspecified atom stereocenters. The lowest BCUT2D eigenvalue weighted by atomic mass is 10.0. The lowest BCUT2D eigenvalue weighted by Crippen LogP contribution is -2.26. The third-order valence-corrected chi connectivity index (χ3v) is 5.87. The Morgan fingerprint density at radius 1 is 1.21 bits per heavy atom. The summed E-state index contributed by atoms with van der Waals surface area (Å²) in [5.74, 6) is -1.03. The maximum absolute atomic E-state index is 13.3. The van der Waals surface area contributed by atoms with Gasteiger partial charge in [0.1, 0.15) is 11.5 Å². The number of nitrogens with zero attached hydrogens (tertiary/aromatic N) is 5.